The van der Waals surface area contributed by atoms with Crippen LogP contribution in [0.3, 0.4) is 0 Å². The van der Waals surface area contributed by atoms with Gasteiger partial charge in [0.1, 0.15) is 0 Å². The Morgan fingerprint density at radius 2 is 1.76 bits per heavy atom. The Kier molecular flexibility index (Phi) is 4.34. The summed E-state index contributed by atoms with van der Waals surface area (Å²) in [6, 6.07) is 10.7. The zero-order valence-electron chi connectivity index (χ0n) is 15.1. The van der Waals surface area contributed by atoms with Crippen LogP contribution in [0.5, 0.6) is 0 Å². The number of amides is 1. The van der Waals surface area contributed by atoms with Crippen LogP contribution >= 0.6 is 0 Å². The van der Waals surface area contributed by atoms with Crippen molar-refractivity contribution in [3.05, 3.63) is 47.8 Å². The van der Waals surface area contributed by atoms with Crippen LogP contribution in [0.25, 0.3) is 5.69 Å². The summed E-state index contributed by atoms with van der Waals surface area (Å²) in [6.07, 6.45) is 6.50. The minimum Gasteiger partial charge on any atom is -0.334 e. The summed E-state index contributed by atoms with van der Waals surface area (Å²) in [5, 5.41) is 4.33. The van der Waals surface area contributed by atoms with Crippen molar-refractivity contribution in [2.45, 2.75) is 44.7 Å². The molecule has 0 spiro atoms. The molecule has 0 bridgehead atoms. The second kappa shape index (κ2) is 6.64. The zero-order chi connectivity index (χ0) is 17.4. The van der Waals surface area contributed by atoms with Crippen LogP contribution in [0.4, 0.5) is 0 Å². The van der Waals surface area contributed by atoms with Crippen LogP contribution in [0.15, 0.2) is 36.5 Å². The van der Waals surface area contributed by atoms with Crippen molar-refractivity contribution < 1.29 is 4.79 Å². The molecule has 1 aromatic carbocycles. The van der Waals surface area contributed by atoms with Gasteiger partial charge in [-0.05, 0) is 76.5 Å². The smallest absolute Gasteiger partial charge is 0.254 e. The molecule has 132 valence electrons. The maximum atomic E-state index is 13.1. The summed E-state index contributed by atoms with van der Waals surface area (Å²) in [5.41, 5.74) is 2.86. The Bertz CT molecular complexity index is 751. The maximum absolute atomic E-state index is 13.1. The van der Waals surface area contributed by atoms with Crippen LogP contribution < -0.4 is 0 Å². The van der Waals surface area contributed by atoms with E-state index in [0.29, 0.717) is 12.1 Å². The molecule has 25 heavy (non-hydrogen) atoms. The summed E-state index contributed by atoms with van der Waals surface area (Å²) in [5.74, 6) is 0.173. The predicted molar refractivity (Wildman–Crippen MR) is 98.0 cm³/mol. The van der Waals surface area contributed by atoms with Crippen LogP contribution in [0, 0.1) is 6.92 Å². The number of rotatable bonds is 3. The topological polar surface area (TPSA) is 41.4 Å². The molecule has 5 nitrogen and oxygen atoms in total. The minimum atomic E-state index is 0.173. The van der Waals surface area contributed by atoms with Crippen molar-refractivity contribution >= 4 is 5.91 Å². The lowest BCUT2D eigenvalue weighted by atomic mass is 10.0. The van der Waals surface area contributed by atoms with Crippen molar-refractivity contribution in [2.75, 3.05) is 20.1 Å². The highest BCUT2D eigenvalue weighted by Gasteiger charge is 2.38. The van der Waals surface area contributed by atoms with E-state index in [1.54, 1.807) is 6.20 Å². The van der Waals surface area contributed by atoms with Gasteiger partial charge in [-0.3, -0.25) is 4.79 Å². The van der Waals surface area contributed by atoms with Crippen molar-refractivity contribution in [3.63, 3.8) is 0 Å². The number of likely N-dealkylation sites (N-methyl/N-ethyl adjacent to an activating group) is 1. The number of nitrogens with zero attached hydrogens (tertiary/aromatic N) is 4. The van der Waals surface area contributed by atoms with E-state index < -0.39 is 0 Å². The van der Waals surface area contributed by atoms with Crippen LogP contribution in [0.2, 0.25) is 0 Å². The van der Waals surface area contributed by atoms with Gasteiger partial charge in [-0.1, -0.05) is 0 Å². The third-order valence-corrected chi connectivity index (χ3v) is 5.77. The fourth-order valence-electron chi connectivity index (χ4n) is 4.42. The van der Waals surface area contributed by atoms with Gasteiger partial charge in [-0.15, -0.1) is 0 Å². The van der Waals surface area contributed by atoms with Crippen molar-refractivity contribution in [3.8, 4) is 5.69 Å². The largest absolute Gasteiger partial charge is 0.334 e. The van der Waals surface area contributed by atoms with Gasteiger partial charge in [-0.25, -0.2) is 4.68 Å². The molecule has 1 aromatic heterocycles. The first-order valence-corrected chi connectivity index (χ1v) is 9.27. The van der Waals surface area contributed by atoms with Gasteiger partial charge in [-0.2, -0.15) is 5.10 Å². The SMILES string of the molecule is Cc1ccnn1-c1ccc(C(=O)N2CCC[C@H]2[C@@H]2CCCN2C)cc1. The normalized spacial score (nSPS) is 24.2. The van der Waals surface area contributed by atoms with Gasteiger partial charge in [0.2, 0.25) is 0 Å². The minimum absolute atomic E-state index is 0.173. The number of carbonyl (C=O) groups excluding carboxylic acids is 1. The molecule has 2 saturated heterocycles. The molecular formula is C20H26N4O. The van der Waals surface area contributed by atoms with Gasteiger partial charge < -0.3 is 9.80 Å². The second-order valence-electron chi connectivity index (χ2n) is 7.33. The monoisotopic (exact) mass is 338 g/mol. The van der Waals surface area contributed by atoms with Crippen LogP contribution in [-0.4, -0.2) is 57.7 Å². The van der Waals surface area contributed by atoms with Crippen LogP contribution in [-0.2, 0) is 0 Å². The average Bonchev–Trinajstić information content (AvgIpc) is 3.35. The Morgan fingerprint density at radius 1 is 1.04 bits per heavy atom. The number of hydrogen-bond acceptors (Lipinski definition) is 3. The average molecular weight is 338 g/mol. The molecule has 0 saturated carbocycles. The van der Waals surface area contributed by atoms with Gasteiger partial charge in [0, 0.05) is 36.1 Å². The Balaban J connectivity index is 1.53. The molecule has 5 heteroatoms. The quantitative estimate of drug-likeness (QED) is 0.864. The molecule has 0 N–H and O–H groups in total. The van der Waals surface area contributed by atoms with Crippen LogP contribution in [0.1, 0.15) is 41.7 Å². The summed E-state index contributed by atoms with van der Waals surface area (Å²) < 4.78 is 1.89. The molecule has 1 amide bonds. The first-order valence-electron chi connectivity index (χ1n) is 9.27. The van der Waals surface area contributed by atoms with E-state index in [1.807, 2.05) is 41.9 Å². The summed E-state index contributed by atoms with van der Waals surface area (Å²) >= 11 is 0. The fourth-order valence-corrected chi connectivity index (χ4v) is 4.42. The molecule has 2 aliphatic heterocycles. The number of aryl methyl sites for hydroxylation is 1. The Hall–Kier alpha value is -2.14. The highest BCUT2D eigenvalue weighted by Crippen LogP contribution is 2.30. The number of aromatic nitrogens is 2. The van der Waals surface area contributed by atoms with Crippen molar-refractivity contribution in [1.82, 2.24) is 19.6 Å². The fraction of sp³-hybridized carbons (Fsp3) is 0.500. The highest BCUT2D eigenvalue weighted by atomic mass is 16.2. The molecule has 0 radical (unpaired) electrons. The molecule has 2 aliphatic rings. The van der Waals surface area contributed by atoms with E-state index in [4.69, 9.17) is 0 Å². The third-order valence-electron chi connectivity index (χ3n) is 5.77. The van der Waals surface area contributed by atoms with E-state index in [-0.39, 0.29) is 5.91 Å². The lowest BCUT2D eigenvalue weighted by molar-refractivity contribution is 0.0664. The molecule has 4 rings (SSSR count). The van der Waals surface area contributed by atoms with E-state index in [1.165, 1.54) is 12.8 Å². The molecule has 2 atom stereocenters. The molecule has 2 fully saturated rings. The van der Waals surface area contributed by atoms with Gasteiger partial charge in [0.05, 0.1) is 5.69 Å². The second-order valence-corrected chi connectivity index (χ2v) is 7.33. The standard InChI is InChI=1S/C20H26N4O/c1-15-11-12-21-24(15)17-9-7-16(8-10-17)20(25)23-14-4-6-19(23)18-5-3-13-22(18)2/h7-12,18-19H,3-6,13-14H2,1-2H3/t18-,19-/m0/s1. The van der Waals surface area contributed by atoms with E-state index in [9.17, 15) is 4.79 Å². The third kappa shape index (κ3) is 2.97. The molecule has 0 aliphatic carbocycles. The van der Waals surface area contributed by atoms with Crippen molar-refractivity contribution in [1.29, 1.82) is 0 Å². The van der Waals surface area contributed by atoms with E-state index in [0.717, 1.165) is 42.9 Å². The first kappa shape index (κ1) is 16.3. The summed E-state index contributed by atoms with van der Waals surface area (Å²) in [4.78, 5) is 17.6. The van der Waals surface area contributed by atoms with Gasteiger partial charge >= 0.3 is 0 Å². The molecule has 2 aromatic rings. The number of carbonyl (C=O) groups is 1. The Morgan fingerprint density at radius 3 is 2.40 bits per heavy atom. The van der Waals surface area contributed by atoms with E-state index >= 15 is 0 Å². The van der Waals surface area contributed by atoms with E-state index in [2.05, 4.69) is 21.9 Å². The number of likely N-dealkylation sites (tertiary alicyclic amines) is 2. The summed E-state index contributed by atoms with van der Waals surface area (Å²) in [6.45, 7) is 4.06. The lowest BCUT2D eigenvalue weighted by Gasteiger charge is -2.33. The molecular weight excluding hydrogens is 312 g/mol. The first-order chi connectivity index (χ1) is 12.1. The lowest BCUT2D eigenvalue weighted by Crippen LogP contribution is -2.47. The number of hydrogen-bond donors (Lipinski definition) is 0. The molecule has 3 heterocycles. The van der Waals surface area contributed by atoms with Gasteiger partial charge in [0.15, 0.2) is 0 Å². The maximum Gasteiger partial charge on any atom is 0.254 e. The Labute approximate surface area is 149 Å². The number of benzene rings is 1. The summed E-state index contributed by atoms with van der Waals surface area (Å²) in [7, 11) is 2.19. The molecule has 0 unspecified atom stereocenters. The highest BCUT2D eigenvalue weighted by molar-refractivity contribution is 5.94. The van der Waals surface area contributed by atoms with Crippen molar-refractivity contribution in [2.24, 2.45) is 0 Å². The predicted octanol–water partition coefficient (Wildman–Crippen LogP) is 2.88. The van der Waals surface area contributed by atoms with Gasteiger partial charge in [0.25, 0.3) is 5.91 Å². The zero-order valence-corrected chi connectivity index (χ0v) is 15.1.